The van der Waals surface area contributed by atoms with Crippen LogP contribution < -0.4 is 11.1 Å². The lowest BCUT2D eigenvalue weighted by molar-refractivity contribution is -0.140. The number of hydrogen-bond acceptors (Lipinski definition) is 7. The molecule has 48 heavy (non-hydrogen) atoms. The number of carbonyl (C=O) groups excluding carboxylic acids is 4. The molecule has 0 aliphatic carbocycles. The summed E-state index contributed by atoms with van der Waals surface area (Å²) in [5.74, 6) is -2.02. The molecule has 4 atom stereocenters. The van der Waals surface area contributed by atoms with Gasteiger partial charge in [-0.3, -0.25) is 9.59 Å². The Morgan fingerprint density at radius 1 is 0.875 bits per heavy atom. The lowest BCUT2D eigenvalue weighted by atomic mass is 9.88. The van der Waals surface area contributed by atoms with Gasteiger partial charge in [-0.1, -0.05) is 92.7 Å². The predicted octanol–water partition coefficient (Wildman–Crippen LogP) is 4.21. The van der Waals surface area contributed by atoms with Crippen molar-refractivity contribution in [1.29, 1.82) is 0 Å². The van der Waals surface area contributed by atoms with E-state index in [4.69, 9.17) is 10.5 Å². The minimum absolute atomic E-state index is 0.147. The molecule has 10 nitrogen and oxygen atoms in total. The molecule has 10 heteroatoms. The zero-order valence-corrected chi connectivity index (χ0v) is 28.0. The summed E-state index contributed by atoms with van der Waals surface area (Å²) < 4.78 is 5.07. The highest BCUT2D eigenvalue weighted by Gasteiger charge is 2.35. The van der Waals surface area contributed by atoms with Crippen molar-refractivity contribution in [1.82, 2.24) is 15.1 Å². The maximum absolute atomic E-state index is 13.9. The lowest BCUT2D eigenvalue weighted by Crippen LogP contribution is -2.56. The highest BCUT2D eigenvalue weighted by atomic mass is 16.6. The van der Waals surface area contributed by atoms with E-state index < -0.39 is 36.2 Å². The summed E-state index contributed by atoms with van der Waals surface area (Å²) >= 11 is 0. The number of hydrogen-bond donors (Lipinski definition) is 3. The average Bonchev–Trinajstić information content (AvgIpc) is 3.10. The van der Waals surface area contributed by atoms with E-state index >= 15 is 0 Å². The fraction of sp³-hybridized carbons (Fsp3) is 0.421. The van der Waals surface area contributed by atoms with Gasteiger partial charge in [-0.25, -0.2) is 9.59 Å². The summed E-state index contributed by atoms with van der Waals surface area (Å²) in [6.45, 7) is 4.54. The van der Waals surface area contributed by atoms with Gasteiger partial charge >= 0.3 is 12.1 Å². The summed E-state index contributed by atoms with van der Waals surface area (Å²) in [7, 11) is 1.59. The third-order valence-electron chi connectivity index (χ3n) is 9.06. The number of aliphatic hydroxyl groups is 1. The molecular weight excluding hydrogens is 608 g/mol. The van der Waals surface area contributed by atoms with Crippen LogP contribution in [0.5, 0.6) is 0 Å². The number of nitrogens with one attached hydrogen (secondary N) is 1. The Morgan fingerprint density at radius 3 is 1.94 bits per heavy atom. The van der Waals surface area contributed by atoms with Crippen molar-refractivity contribution in [2.45, 2.75) is 70.2 Å². The van der Waals surface area contributed by atoms with Crippen molar-refractivity contribution >= 4 is 23.9 Å². The summed E-state index contributed by atoms with van der Waals surface area (Å²) in [6.07, 6.45) is 0.339. The van der Waals surface area contributed by atoms with E-state index in [1.165, 1.54) is 4.90 Å². The number of nitrogens with zero attached hydrogens (tertiary/aromatic N) is 2. The summed E-state index contributed by atoms with van der Waals surface area (Å²) in [6, 6.07) is 26.1. The largest absolute Gasteiger partial charge is 0.417 e. The Kier molecular flexibility index (Phi) is 13.3. The molecule has 1 aliphatic heterocycles. The first-order valence-corrected chi connectivity index (χ1v) is 16.7. The molecule has 1 aliphatic rings. The van der Waals surface area contributed by atoms with Crippen molar-refractivity contribution < 1.29 is 29.0 Å². The minimum Gasteiger partial charge on any atom is -0.391 e. The van der Waals surface area contributed by atoms with E-state index in [2.05, 4.69) is 5.32 Å². The number of likely N-dealkylation sites (tertiary alicyclic amines) is 1. The molecule has 1 saturated heterocycles. The maximum Gasteiger partial charge on any atom is 0.417 e. The third kappa shape index (κ3) is 10.2. The molecule has 256 valence electrons. The van der Waals surface area contributed by atoms with Gasteiger partial charge in [0.05, 0.1) is 11.7 Å². The van der Waals surface area contributed by atoms with Crippen molar-refractivity contribution in [3.05, 3.63) is 108 Å². The van der Waals surface area contributed by atoms with Crippen LogP contribution in [-0.2, 0) is 27.2 Å². The van der Waals surface area contributed by atoms with Crippen LogP contribution in [0.2, 0.25) is 0 Å². The van der Waals surface area contributed by atoms with E-state index in [9.17, 15) is 24.3 Å². The van der Waals surface area contributed by atoms with Crippen LogP contribution in [0.4, 0.5) is 4.79 Å². The van der Waals surface area contributed by atoms with Crippen LogP contribution in [0, 0.1) is 11.8 Å². The van der Waals surface area contributed by atoms with Gasteiger partial charge in [-0.05, 0) is 61.3 Å². The second kappa shape index (κ2) is 17.6. The van der Waals surface area contributed by atoms with Gasteiger partial charge in [0.2, 0.25) is 11.8 Å². The van der Waals surface area contributed by atoms with E-state index in [1.807, 2.05) is 74.5 Å². The second-order valence-electron chi connectivity index (χ2n) is 13.0. The summed E-state index contributed by atoms with van der Waals surface area (Å²) in [4.78, 5) is 55.8. The molecule has 1 fully saturated rings. The Bertz CT molecular complexity index is 1480. The highest BCUT2D eigenvalue weighted by Crippen LogP contribution is 2.22. The first-order chi connectivity index (χ1) is 23.0. The number of carbonyl (C=O) groups is 4. The number of piperidine rings is 1. The number of esters is 1. The maximum atomic E-state index is 13.9. The van der Waals surface area contributed by atoms with Crippen molar-refractivity contribution in [2.24, 2.45) is 17.6 Å². The molecule has 3 aromatic rings. The first kappa shape index (κ1) is 36.3. The van der Waals surface area contributed by atoms with Gasteiger partial charge < -0.3 is 30.7 Å². The molecular formula is C38H48N4O6. The van der Waals surface area contributed by atoms with Gasteiger partial charge in [0.1, 0.15) is 6.04 Å². The number of amides is 3. The molecule has 0 aromatic heterocycles. The highest BCUT2D eigenvalue weighted by molar-refractivity contribution is 5.96. The Morgan fingerprint density at radius 2 is 1.40 bits per heavy atom. The monoisotopic (exact) mass is 656 g/mol. The Hall–Kier alpha value is -4.54. The van der Waals surface area contributed by atoms with Gasteiger partial charge in [0.25, 0.3) is 0 Å². The van der Waals surface area contributed by atoms with Crippen LogP contribution in [0.25, 0.3) is 0 Å². The van der Waals surface area contributed by atoms with Crippen molar-refractivity contribution in [2.75, 3.05) is 20.1 Å². The lowest BCUT2D eigenvalue weighted by Gasteiger charge is -2.38. The predicted molar refractivity (Wildman–Crippen MR) is 184 cm³/mol. The number of ether oxygens (including phenoxy) is 1. The molecule has 0 radical (unpaired) electrons. The molecule has 0 spiro atoms. The molecule has 3 amide bonds. The van der Waals surface area contributed by atoms with Gasteiger partial charge in [-0.2, -0.15) is 0 Å². The van der Waals surface area contributed by atoms with Crippen LogP contribution in [0.1, 0.15) is 54.6 Å². The number of rotatable bonds is 13. The zero-order valence-electron chi connectivity index (χ0n) is 28.0. The third-order valence-corrected chi connectivity index (χ3v) is 9.06. The van der Waals surface area contributed by atoms with Crippen molar-refractivity contribution in [3.63, 3.8) is 0 Å². The Labute approximate surface area is 283 Å². The fourth-order valence-electron chi connectivity index (χ4n) is 6.06. The fourth-order valence-corrected chi connectivity index (χ4v) is 6.06. The average molecular weight is 657 g/mol. The number of benzene rings is 3. The molecule has 4 rings (SSSR count). The Balaban J connectivity index is 1.36. The zero-order chi connectivity index (χ0) is 34.6. The van der Waals surface area contributed by atoms with Crippen LogP contribution in [-0.4, -0.2) is 83.1 Å². The molecule has 1 heterocycles. The SMILES string of the molecule is CC(C)[C@H](NC(=O)C(Cc1ccccc1)CC(O)C(N)Cc1ccccc1)C(=O)N1CCC(N(C)C(=O)OC(=O)c2ccccc2)CC1. The topological polar surface area (TPSA) is 142 Å². The molecule has 3 aromatic carbocycles. The normalized spacial score (nSPS) is 16.0. The van der Waals surface area contributed by atoms with Crippen molar-refractivity contribution in [3.8, 4) is 0 Å². The molecule has 0 saturated carbocycles. The standard InChI is InChI=1S/C38H48N4O6/c1-26(2)34(36(45)42-21-19-31(20-22-42)41(3)38(47)48-37(46)29-17-11-6-12-18-29)40-35(44)30(23-27-13-7-4-8-14-27)25-33(43)32(39)24-28-15-9-5-10-16-28/h4-18,26,30-34,43H,19-25,39H2,1-3H3,(H,40,44)/t30?,32?,33?,34-/m0/s1. The van der Waals surface area contributed by atoms with Gasteiger partial charge in [-0.15, -0.1) is 0 Å². The molecule has 4 N–H and O–H groups in total. The smallest absolute Gasteiger partial charge is 0.391 e. The summed E-state index contributed by atoms with van der Waals surface area (Å²) in [5, 5.41) is 14.1. The van der Waals surface area contributed by atoms with E-state index in [0.29, 0.717) is 38.8 Å². The van der Waals surface area contributed by atoms with Gasteiger partial charge in [0.15, 0.2) is 0 Å². The number of aliphatic hydroxyl groups excluding tert-OH is 1. The quantitative estimate of drug-likeness (QED) is 0.185. The van der Waals surface area contributed by atoms with Crippen LogP contribution in [0.15, 0.2) is 91.0 Å². The number of nitrogens with two attached hydrogens (primary N) is 1. The first-order valence-electron chi connectivity index (χ1n) is 16.7. The van der Waals surface area contributed by atoms with E-state index in [-0.39, 0.29) is 35.8 Å². The van der Waals surface area contributed by atoms with Crippen LogP contribution in [0.3, 0.4) is 0 Å². The molecule has 0 bridgehead atoms. The van der Waals surface area contributed by atoms with E-state index in [0.717, 1.165) is 11.1 Å². The minimum atomic E-state index is -0.927. The van der Waals surface area contributed by atoms with E-state index in [1.54, 1.807) is 42.3 Å². The van der Waals surface area contributed by atoms with Gasteiger partial charge in [0, 0.05) is 38.1 Å². The second-order valence-corrected chi connectivity index (χ2v) is 13.0. The van der Waals surface area contributed by atoms with Crippen LogP contribution >= 0.6 is 0 Å². The summed E-state index contributed by atoms with van der Waals surface area (Å²) in [5.41, 5.74) is 8.64. The molecule has 3 unspecified atom stereocenters.